The minimum absolute atomic E-state index is 0. The van der Waals surface area contributed by atoms with Crippen molar-refractivity contribution in [1.82, 2.24) is 14.7 Å². The summed E-state index contributed by atoms with van der Waals surface area (Å²) in [6, 6.07) is 23.9. The fraction of sp³-hybridized carbons (Fsp3) is 0.500. The van der Waals surface area contributed by atoms with E-state index in [1.165, 1.54) is 91.2 Å². The van der Waals surface area contributed by atoms with Crippen LogP contribution < -0.4 is 119 Å². The minimum Gasteiger partial charge on any atom is -1.00 e. The van der Waals surface area contributed by atoms with E-state index in [0.29, 0.717) is 67.2 Å². The van der Waals surface area contributed by atoms with E-state index >= 15 is 0 Å². The largest absolute Gasteiger partial charge is 1.00 e. The molecule has 6 unspecified atom stereocenters. The summed E-state index contributed by atoms with van der Waals surface area (Å²) >= 11 is 0. The monoisotopic (exact) mass is 1180 g/mol. The third kappa shape index (κ3) is 19.1. The van der Waals surface area contributed by atoms with Crippen molar-refractivity contribution in [2.45, 2.75) is 102 Å². The zero-order chi connectivity index (χ0) is 56.5. The number of aliphatic hydroxyl groups excluding tert-OH is 2. The van der Waals surface area contributed by atoms with Crippen molar-refractivity contribution in [3.63, 3.8) is 0 Å². The Morgan fingerprint density at radius 3 is 1.60 bits per heavy atom. The van der Waals surface area contributed by atoms with Gasteiger partial charge in [-0.05, 0) is 153 Å². The Kier molecular flexibility index (Phi) is 28.7. The zero-order valence-corrected chi connectivity index (χ0v) is 54.0. The van der Waals surface area contributed by atoms with E-state index in [9.17, 15) is 32.3 Å². The van der Waals surface area contributed by atoms with E-state index in [0.717, 1.165) is 82.9 Å². The minimum atomic E-state index is -0.667. The number of ether oxygens (including phenoxy) is 1. The van der Waals surface area contributed by atoms with Crippen LogP contribution in [0.4, 0.5) is 28.9 Å². The molecule has 4 saturated heterocycles. The number of β-amino-alcohol motifs (C(OH)–C–C–N with tert-alkyl or cyclic N) is 1. The maximum atomic E-state index is 13.4. The molecule has 81 heavy (non-hydrogen) atoms. The fourth-order valence-electron chi connectivity index (χ4n) is 12.6. The Hall–Kier alpha value is -2.84. The van der Waals surface area contributed by atoms with E-state index in [-0.39, 0.29) is 140 Å². The number of rotatable bonds is 9. The van der Waals surface area contributed by atoms with Crippen LogP contribution in [-0.4, -0.2) is 128 Å². The molecule has 0 aromatic heterocycles. The average molecular weight is 1180 g/mol. The van der Waals surface area contributed by atoms with Gasteiger partial charge in [0.1, 0.15) is 23.3 Å². The number of carbonyl (C=O) groups is 3. The molecule has 6 heterocycles. The van der Waals surface area contributed by atoms with Gasteiger partial charge in [0, 0.05) is 105 Å². The predicted molar refractivity (Wildman–Crippen MR) is 297 cm³/mol. The molecule has 1 aliphatic carbocycles. The maximum absolute atomic E-state index is 13.4. The van der Waals surface area contributed by atoms with Crippen molar-refractivity contribution in [2.24, 2.45) is 23.7 Å². The summed E-state index contributed by atoms with van der Waals surface area (Å²) in [6.07, 6.45) is 15.7. The van der Waals surface area contributed by atoms with Crippen LogP contribution >= 0.6 is 0 Å². The molecule has 0 bridgehead atoms. The number of epoxide rings is 1. The molecule has 19 heteroatoms. The number of hydrogen-bond acceptors (Lipinski definition) is 11. The number of anilines is 2. The molecule has 2 spiro atoms. The Morgan fingerprint density at radius 2 is 1.17 bits per heavy atom. The van der Waals surface area contributed by atoms with Crippen LogP contribution in [0.2, 0.25) is 0 Å². The molecule has 6 aliphatic heterocycles. The number of amides is 2. The molecule has 430 valence electrons. The number of halogens is 4. The molecule has 7 aliphatic rings. The number of para-hydroxylation sites is 2. The van der Waals surface area contributed by atoms with E-state index in [2.05, 4.69) is 82.8 Å². The van der Waals surface area contributed by atoms with Gasteiger partial charge < -0.3 is 51.9 Å². The van der Waals surface area contributed by atoms with E-state index < -0.39 is 29.4 Å². The van der Waals surface area contributed by atoms with Gasteiger partial charge in [-0.15, -0.1) is 0 Å². The normalized spacial score (nSPS) is 24.1. The Bertz CT molecular complexity index is 2670. The van der Waals surface area contributed by atoms with Crippen molar-refractivity contribution < 1.29 is 161 Å². The summed E-state index contributed by atoms with van der Waals surface area (Å²) in [4.78, 5) is 41.8. The molecule has 0 radical (unpaired) electrons. The van der Waals surface area contributed by atoms with Gasteiger partial charge in [0.25, 0.3) is 6.47 Å². The SMILES string of the molecule is CC1CCCCC12CNc1ccccc12.CC1CN(CC(O)C2CCN(C(=O)/C=C/c3cc(F)cc(F)c3)CC2)CCC12CNc1ccccc12.CCO.O=C(/C=C/c1cc(F)cc(F)c1)N1CCC(C2CO2)CC1.O=CO[O-].[H-].[K+].[K+]. The Labute approximate surface area is 561 Å². The summed E-state index contributed by atoms with van der Waals surface area (Å²) < 4.78 is 58.1. The first kappa shape index (κ1) is 68.9. The van der Waals surface area contributed by atoms with E-state index in [1.54, 1.807) is 22.3 Å². The Balaban J connectivity index is 0.000000266. The third-order valence-corrected chi connectivity index (χ3v) is 17.1. The zero-order valence-electron chi connectivity index (χ0n) is 48.8. The van der Waals surface area contributed by atoms with E-state index in [4.69, 9.17) is 19.9 Å². The van der Waals surface area contributed by atoms with Crippen molar-refractivity contribution in [3.05, 3.63) is 143 Å². The van der Waals surface area contributed by atoms with Crippen LogP contribution in [0, 0.1) is 46.9 Å². The number of piperidine rings is 3. The van der Waals surface area contributed by atoms with Crippen LogP contribution in [-0.2, 0) is 34.8 Å². The van der Waals surface area contributed by atoms with Gasteiger partial charge in [-0.2, -0.15) is 0 Å². The smallest absolute Gasteiger partial charge is 1.00 e. The van der Waals surface area contributed by atoms with Gasteiger partial charge in [0.15, 0.2) is 0 Å². The summed E-state index contributed by atoms with van der Waals surface area (Å²) in [5.41, 5.74) is 6.96. The number of nitrogens with zero attached hydrogens (tertiary/aromatic N) is 3. The van der Waals surface area contributed by atoms with Gasteiger partial charge in [-0.25, -0.2) is 17.6 Å². The van der Waals surface area contributed by atoms with Crippen molar-refractivity contribution >= 4 is 41.8 Å². The second-order valence-corrected chi connectivity index (χ2v) is 22.0. The Morgan fingerprint density at radius 1 is 0.728 bits per heavy atom. The summed E-state index contributed by atoms with van der Waals surface area (Å²) in [5.74, 6) is -0.858. The van der Waals surface area contributed by atoms with Crippen LogP contribution in [0.25, 0.3) is 12.2 Å². The number of nitrogens with one attached hydrogen (secondary N) is 2. The first-order valence-electron chi connectivity index (χ1n) is 28.0. The molecular weight excluding hydrogens is 1100 g/mol. The molecule has 11 rings (SSSR count). The fourth-order valence-corrected chi connectivity index (χ4v) is 12.6. The number of fused-ring (bicyclic) bond motifs is 4. The van der Waals surface area contributed by atoms with Crippen LogP contribution in [0.3, 0.4) is 0 Å². The molecule has 1 saturated carbocycles. The number of likely N-dealkylation sites (tertiary alicyclic amines) is 3. The van der Waals surface area contributed by atoms with Crippen molar-refractivity contribution in [3.8, 4) is 0 Å². The number of carbonyl (C=O) groups excluding carboxylic acids is 3. The maximum Gasteiger partial charge on any atom is 1.00 e. The number of hydrogen-bond donors (Lipinski definition) is 4. The molecule has 2 amide bonds. The van der Waals surface area contributed by atoms with Gasteiger partial charge in [-0.3, -0.25) is 14.4 Å². The van der Waals surface area contributed by atoms with Crippen LogP contribution in [0.1, 0.15) is 102 Å². The van der Waals surface area contributed by atoms with E-state index in [1.807, 2.05) is 0 Å². The second kappa shape index (κ2) is 33.7. The summed E-state index contributed by atoms with van der Waals surface area (Å²) in [5, 5.41) is 34.2. The number of aliphatic hydroxyl groups is 2. The average Bonchev–Trinajstić information content (AvgIpc) is 4.36. The molecule has 4 aromatic rings. The standard InChI is InChI=1S/C29H35F2N3O2.C16H17F2NO2.C14H19N.C2H6O.CH2O3.2K.H/c1-20-17-33(13-10-29(20)19-32-26-5-3-2-4-25(26)29)18-27(35)22-8-11-34(12-9-22)28(36)7-6-21-14-23(30)16-24(31)15-21;17-13-7-11(8-14(18)9-13)1-2-16(20)19-5-3-12(4-6-19)15-10-21-15;1-11-6-4-5-9-14(11)10-15-13-8-3-2-7-12(13)14;1-2-3;2-1-4-3;;;/h2-7,14-16,20,22,27,32,35H,8-13,17-19H2,1H3;1-2,7-9,12,15H,3-6,10H2;2-3,7-8,11,15H,4-6,9-10H2,1H3;3H,2H2,1H3;1,3H;;;/q;;;;;2*+1;-1/p-1/b7-6+;2-1+;;;;;;. The molecule has 13 nitrogen and oxygen atoms in total. The quantitative estimate of drug-likeness (QED) is 0.0370. The summed E-state index contributed by atoms with van der Waals surface area (Å²) in [6.45, 7) is 14.7. The molecule has 6 atom stereocenters. The van der Waals surface area contributed by atoms with Gasteiger partial charge in [0.2, 0.25) is 11.8 Å². The van der Waals surface area contributed by atoms with Crippen molar-refractivity contribution in [2.75, 3.05) is 82.8 Å². The summed E-state index contributed by atoms with van der Waals surface area (Å²) in [7, 11) is 0. The van der Waals surface area contributed by atoms with Crippen LogP contribution in [0.15, 0.2) is 97.1 Å². The molecule has 4 aromatic carbocycles. The topological polar surface area (TPSA) is 170 Å². The number of benzene rings is 4. The van der Waals surface area contributed by atoms with Crippen molar-refractivity contribution in [1.29, 1.82) is 0 Å². The molecule has 4 N–H and O–H groups in total. The van der Waals surface area contributed by atoms with Gasteiger partial charge in [0.05, 0.1) is 18.8 Å². The van der Waals surface area contributed by atoms with Gasteiger partial charge in [-0.1, -0.05) is 63.1 Å². The third-order valence-electron chi connectivity index (χ3n) is 17.1. The molecule has 5 fully saturated rings. The molecular formula is C62H79F4K2N5O8. The first-order chi connectivity index (χ1) is 38.1. The first-order valence-corrected chi connectivity index (χ1v) is 28.0. The second-order valence-electron chi connectivity index (χ2n) is 22.0. The predicted octanol–water partition coefficient (Wildman–Crippen LogP) is 3.01. The van der Waals surface area contributed by atoms with Crippen LogP contribution in [0.5, 0.6) is 0 Å². The van der Waals surface area contributed by atoms with Gasteiger partial charge >= 0.3 is 103 Å².